The molecular weight excluding hydrogens is 278 g/mol. The maximum atomic E-state index is 9.52. The van der Waals surface area contributed by atoms with Crippen LogP contribution in [0.2, 0.25) is 0 Å². The van der Waals surface area contributed by atoms with Gasteiger partial charge in [0.1, 0.15) is 0 Å². The van der Waals surface area contributed by atoms with Gasteiger partial charge in [0.25, 0.3) is 0 Å². The molecule has 0 fully saturated rings. The largest absolute Gasteiger partial charge is 0.393 e. The van der Waals surface area contributed by atoms with Crippen molar-refractivity contribution in [3.8, 4) is 0 Å². The predicted molar refractivity (Wildman–Crippen MR) is 74.1 cm³/mol. The summed E-state index contributed by atoms with van der Waals surface area (Å²) >= 11 is 3.51. The molecule has 0 heterocycles. The molecule has 0 saturated carbocycles. The molecular formula is C14H20BrNO. The van der Waals surface area contributed by atoms with Crippen LogP contribution in [0.5, 0.6) is 0 Å². The number of hydrogen-bond acceptors (Lipinski definition) is 2. The van der Waals surface area contributed by atoms with E-state index in [2.05, 4.69) is 39.4 Å². The normalized spacial score (nSPS) is 20.3. The van der Waals surface area contributed by atoms with Crippen molar-refractivity contribution in [3.05, 3.63) is 33.8 Å². The van der Waals surface area contributed by atoms with Crippen LogP contribution >= 0.6 is 15.9 Å². The third-order valence-corrected chi connectivity index (χ3v) is 4.02. The fraction of sp³-hybridized carbons (Fsp3) is 0.571. The van der Waals surface area contributed by atoms with E-state index in [1.165, 1.54) is 22.0 Å². The molecule has 2 rings (SSSR count). The second-order valence-electron chi connectivity index (χ2n) is 4.74. The lowest BCUT2D eigenvalue weighted by Gasteiger charge is -2.15. The second-order valence-corrected chi connectivity index (χ2v) is 5.65. The first kappa shape index (κ1) is 13.1. The van der Waals surface area contributed by atoms with E-state index in [9.17, 15) is 5.11 Å². The predicted octanol–water partition coefficient (Wildman–Crippen LogP) is 3.19. The summed E-state index contributed by atoms with van der Waals surface area (Å²) in [4.78, 5) is 0. The molecule has 17 heavy (non-hydrogen) atoms. The number of halogens is 1. The zero-order chi connectivity index (χ0) is 12.3. The maximum absolute atomic E-state index is 9.52. The highest BCUT2D eigenvalue weighted by atomic mass is 79.9. The Bertz CT molecular complexity index is 380. The monoisotopic (exact) mass is 297 g/mol. The highest BCUT2D eigenvalue weighted by Gasteiger charge is 2.21. The quantitative estimate of drug-likeness (QED) is 0.875. The molecule has 0 aliphatic heterocycles. The summed E-state index contributed by atoms with van der Waals surface area (Å²) in [6, 6.07) is 7.01. The third kappa shape index (κ3) is 3.30. The zero-order valence-corrected chi connectivity index (χ0v) is 11.8. The fourth-order valence-corrected chi connectivity index (χ4v) is 2.83. The first-order chi connectivity index (χ1) is 8.20. The average Bonchev–Trinajstić information content (AvgIpc) is 2.71. The Morgan fingerprint density at radius 2 is 2.35 bits per heavy atom. The van der Waals surface area contributed by atoms with E-state index in [0.717, 1.165) is 25.8 Å². The van der Waals surface area contributed by atoms with Crippen molar-refractivity contribution in [2.75, 3.05) is 6.54 Å². The molecule has 1 aliphatic carbocycles. The van der Waals surface area contributed by atoms with Gasteiger partial charge in [0.05, 0.1) is 6.10 Å². The van der Waals surface area contributed by atoms with Crippen LogP contribution in [-0.2, 0) is 6.42 Å². The molecule has 1 aliphatic rings. The smallest absolute Gasteiger partial charge is 0.0549 e. The van der Waals surface area contributed by atoms with Gasteiger partial charge in [-0.1, -0.05) is 28.9 Å². The minimum atomic E-state index is -0.159. The first-order valence-corrected chi connectivity index (χ1v) is 7.19. The standard InChI is InChI=1S/C14H20BrNO/c1-2-12(17)7-8-16-14-6-3-10-9-11(15)4-5-13(10)14/h4-5,9,12,14,16-17H,2-3,6-8H2,1H3. The molecule has 0 aromatic heterocycles. The molecule has 0 bridgehead atoms. The SMILES string of the molecule is CCC(O)CCNC1CCc2cc(Br)ccc21. The van der Waals surface area contributed by atoms with Crippen molar-refractivity contribution in [2.24, 2.45) is 0 Å². The topological polar surface area (TPSA) is 32.3 Å². The van der Waals surface area contributed by atoms with Gasteiger partial charge in [-0.3, -0.25) is 0 Å². The van der Waals surface area contributed by atoms with Crippen LogP contribution < -0.4 is 5.32 Å². The summed E-state index contributed by atoms with van der Waals surface area (Å²) in [5.41, 5.74) is 2.88. The van der Waals surface area contributed by atoms with E-state index in [0.29, 0.717) is 6.04 Å². The molecule has 0 saturated heterocycles. The van der Waals surface area contributed by atoms with E-state index in [1.807, 2.05) is 6.92 Å². The molecule has 2 nitrogen and oxygen atoms in total. The number of aryl methyl sites for hydroxylation is 1. The van der Waals surface area contributed by atoms with E-state index < -0.39 is 0 Å². The molecule has 0 radical (unpaired) electrons. The molecule has 0 amide bonds. The molecule has 94 valence electrons. The van der Waals surface area contributed by atoms with Crippen molar-refractivity contribution < 1.29 is 5.11 Å². The number of fused-ring (bicyclic) bond motifs is 1. The minimum absolute atomic E-state index is 0.159. The van der Waals surface area contributed by atoms with Gasteiger partial charge in [-0.2, -0.15) is 0 Å². The number of benzene rings is 1. The van der Waals surface area contributed by atoms with Crippen molar-refractivity contribution >= 4 is 15.9 Å². The number of rotatable bonds is 5. The lowest BCUT2D eigenvalue weighted by atomic mass is 10.1. The van der Waals surface area contributed by atoms with E-state index in [1.54, 1.807) is 0 Å². The van der Waals surface area contributed by atoms with Gasteiger partial charge >= 0.3 is 0 Å². The summed E-state index contributed by atoms with van der Waals surface area (Å²) in [6.07, 6.45) is 3.86. The van der Waals surface area contributed by atoms with E-state index in [-0.39, 0.29) is 6.10 Å². The van der Waals surface area contributed by atoms with Gasteiger partial charge in [0, 0.05) is 10.5 Å². The third-order valence-electron chi connectivity index (χ3n) is 3.52. The summed E-state index contributed by atoms with van der Waals surface area (Å²) < 4.78 is 1.17. The molecule has 3 heteroatoms. The van der Waals surface area contributed by atoms with Gasteiger partial charge in [-0.15, -0.1) is 0 Å². The van der Waals surface area contributed by atoms with E-state index >= 15 is 0 Å². The molecule has 1 aromatic rings. The fourth-order valence-electron chi connectivity index (χ4n) is 2.43. The van der Waals surface area contributed by atoms with Crippen molar-refractivity contribution in [2.45, 2.75) is 44.8 Å². The number of hydrogen-bond donors (Lipinski definition) is 2. The van der Waals surface area contributed by atoms with Crippen LogP contribution in [0, 0.1) is 0 Å². The van der Waals surface area contributed by atoms with Crippen LogP contribution in [0.25, 0.3) is 0 Å². The summed E-state index contributed by atoms with van der Waals surface area (Å²) in [6.45, 7) is 2.92. The molecule has 1 aromatic carbocycles. The van der Waals surface area contributed by atoms with Gasteiger partial charge < -0.3 is 10.4 Å². The maximum Gasteiger partial charge on any atom is 0.0549 e. The van der Waals surface area contributed by atoms with Crippen molar-refractivity contribution in [1.29, 1.82) is 0 Å². The van der Waals surface area contributed by atoms with Crippen LogP contribution in [0.1, 0.15) is 43.4 Å². The molecule has 2 unspecified atom stereocenters. The van der Waals surface area contributed by atoms with Crippen LogP contribution in [0.4, 0.5) is 0 Å². The van der Waals surface area contributed by atoms with Crippen molar-refractivity contribution in [1.82, 2.24) is 5.32 Å². The zero-order valence-electron chi connectivity index (χ0n) is 10.2. The van der Waals surface area contributed by atoms with E-state index in [4.69, 9.17) is 0 Å². The molecule has 2 N–H and O–H groups in total. The van der Waals surface area contributed by atoms with Gasteiger partial charge in [0.15, 0.2) is 0 Å². The van der Waals surface area contributed by atoms with Gasteiger partial charge in [-0.25, -0.2) is 0 Å². The number of nitrogens with one attached hydrogen (secondary N) is 1. The van der Waals surface area contributed by atoms with Crippen LogP contribution in [0.15, 0.2) is 22.7 Å². The lowest BCUT2D eigenvalue weighted by molar-refractivity contribution is 0.158. The molecule has 2 atom stereocenters. The summed E-state index contributed by atoms with van der Waals surface area (Å²) in [5.74, 6) is 0. The Labute approximate surface area is 112 Å². The van der Waals surface area contributed by atoms with Crippen molar-refractivity contribution in [3.63, 3.8) is 0 Å². The second kappa shape index (κ2) is 5.98. The number of aliphatic hydroxyl groups is 1. The highest BCUT2D eigenvalue weighted by molar-refractivity contribution is 9.10. The van der Waals surface area contributed by atoms with Gasteiger partial charge in [-0.05, 0) is 55.5 Å². The van der Waals surface area contributed by atoms with Crippen LogP contribution in [-0.4, -0.2) is 17.8 Å². The Balaban J connectivity index is 1.89. The molecule has 0 spiro atoms. The minimum Gasteiger partial charge on any atom is -0.393 e. The van der Waals surface area contributed by atoms with Crippen LogP contribution in [0.3, 0.4) is 0 Å². The van der Waals surface area contributed by atoms with Gasteiger partial charge in [0.2, 0.25) is 0 Å². The Hall–Kier alpha value is -0.380. The number of aliphatic hydroxyl groups excluding tert-OH is 1. The summed E-state index contributed by atoms with van der Waals surface area (Å²) in [7, 11) is 0. The summed E-state index contributed by atoms with van der Waals surface area (Å²) in [5, 5.41) is 13.1. The first-order valence-electron chi connectivity index (χ1n) is 6.40. The highest BCUT2D eigenvalue weighted by Crippen LogP contribution is 2.32. The lowest BCUT2D eigenvalue weighted by Crippen LogP contribution is -2.23. The average molecular weight is 298 g/mol. The Morgan fingerprint density at radius 1 is 1.53 bits per heavy atom. The Kier molecular flexibility index (Phi) is 4.60. The Morgan fingerprint density at radius 3 is 3.12 bits per heavy atom.